The van der Waals surface area contributed by atoms with Gasteiger partial charge in [0.1, 0.15) is 11.4 Å². The molecule has 0 aliphatic carbocycles. The van der Waals surface area contributed by atoms with Crippen LogP contribution in [-0.2, 0) is 11.3 Å². The van der Waals surface area contributed by atoms with Gasteiger partial charge in [-0.15, -0.1) is 0 Å². The summed E-state index contributed by atoms with van der Waals surface area (Å²) in [4.78, 5) is 42.4. The molecule has 1 amide bonds. The average molecular weight is 448 g/mol. The number of hydrogen-bond acceptors (Lipinski definition) is 6. The Labute approximate surface area is 189 Å². The number of rotatable bonds is 8. The number of aromatic nitrogens is 2. The molecule has 4 rings (SSSR count). The van der Waals surface area contributed by atoms with E-state index in [4.69, 9.17) is 14.9 Å². The first-order valence-corrected chi connectivity index (χ1v) is 10.5. The van der Waals surface area contributed by atoms with Crippen molar-refractivity contribution in [3.05, 3.63) is 92.8 Å². The van der Waals surface area contributed by atoms with E-state index in [1.165, 1.54) is 9.47 Å². The van der Waals surface area contributed by atoms with Crippen LogP contribution >= 0.6 is 0 Å². The van der Waals surface area contributed by atoms with Crippen LogP contribution in [0.4, 0.5) is 11.5 Å². The molecule has 2 aromatic carbocycles. The molecule has 0 spiro atoms. The van der Waals surface area contributed by atoms with E-state index in [1.54, 1.807) is 25.3 Å². The van der Waals surface area contributed by atoms with Crippen molar-refractivity contribution in [1.82, 2.24) is 9.55 Å². The van der Waals surface area contributed by atoms with Gasteiger partial charge in [-0.25, -0.2) is 4.79 Å². The molecule has 0 saturated heterocycles. The second-order valence-corrected chi connectivity index (χ2v) is 7.52. The van der Waals surface area contributed by atoms with E-state index in [0.29, 0.717) is 18.6 Å². The van der Waals surface area contributed by atoms with Crippen LogP contribution in [0.25, 0.3) is 11.0 Å². The smallest absolute Gasteiger partial charge is 0.330 e. The molecule has 3 N–H and O–H groups in total. The lowest BCUT2D eigenvalue weighted by Crippen LogP contribution is -2.42. The number of nitrogens with zero attached hydrogens (tertiary/aromatic N) is 2. The van der Waals surface area contributed by atoms with E-state index >= 15 is 0 Å². The van der Waals surface area contributed by atoms with Gasteiger partial charge in [0.2, 0.25) is 0 Å². The highest BCUT2D eigenvalue weighted by Gasteiger charge is 2.27. The summed E-state index contributed by atoms with van der Waals surface area (Å²) in [6.45, 7) is 0.645. The van der Waals surface area contributed by atoms with Crippen LogP contribution in [0.15, 0.2) is 74.7 Å². The van der Waals surface area contributed by atoms with Gasteiger partial charge in [0, 0.05) is 25.6 Å². The van der Waals surface area contributed by atoms with Crippen molar-refractivity contribution in [1.29, 1.82) is 0 Å². The number of nitrogens with one attached hydrogen (secondary N) is 1. The minimum atomic E-state index is -0.747. The number of carbonyl (C=O) groups excluding carboxylic acids is 1. The third kappa shape index (κ3) is 4.58. The minimum absolute atomic E-state index is 0.0632. The monoisotopic (exact) mass is 448 g/mol. The molecule has 0 aliphatic rings. The van der Waals surface area contributed by atoms with E-state index < -0.39 is 17.2 Å². The first-order chi connectivity index (χ1) is 16.0. The lowest BCUT2D eigenvalue weighted by molar-refractivity contribution is 0.0958. The number of anilines is 2. The molecule has 33 heavy (non-hydrogen) atoms. The zero-order chi connectivity index (χ0) is 23.4. The Morgan fingerprint density at radius 2 is 1.85 bits per heavy atom. The molecule has 0 saturated carbocycles. The van der Waals surface area contributed by atoms with Crippen molar-refractivity contribution in [3.63, 3.8) is 0 Å². The number of methoxy groups -OCH3 is 1. The van der Waals surface area contributed by atoms with Gasteiger partial charge in [0.25, 0.3) is 11.5 Å². The Balaban J connectivity index is 1.79. The number of para-hydroxylation sites is 1. The summed E-state index contributed by atoms with van der Waals surface area (Å²) in [6.07, 6.45) is 0.444. The summed E-state index contributed by atoms with van der Waals surface area (Å²) in [7, 11) is 1.55. The number of furan rings is 1. The lowest BCUT2D eigenvalue weighted by Gasteiger charge is -2.23. The Bertz CT molecular complexity index is 1350. The highest BCUT2D eigenvalue weighted by molar-refractivity contribution is 6.07. The van der Waals surface area contributed by atoms with Gasteiger partial charge in [-0.1, -0.05) is 48.5 Å². The highest BCUT2D eigenvalue weighted by atomic mass is 16.5. The molecule has 0 bridgehead atoms. The second-order valence-electron chi connectivity index (χ2n) is 7.52. The summed E-state index contributed by atoms with van der Waals surface area (Å²) in [5.41, 5.74) is 6.18. The summed E-state index contributed by atoms with van der Waals surface area (Å²) in [6, 6.07) is 18.1. The van der Waals surface area contributed by atoms with Crippen LogP contribution in [0.5, 0.6) is 0 Å². The number of H-pyrrole nitrogens is 1. The molecular formula is C24H24N4O5. The van der Waals surface area contributed by atoms with Gasteiger partial charge in [-0.05, 0) is 24.1 Å². The fraction of sp³-hybridized carbons (Fsp3) is 0.208. The largest absolute Gasteiger partial charge is 0.451 e. The number of carbonyl (C=O) groups is 1. The number of hydrogen-bond donors (Lipinski definition) is 2. The maximum absolute atomic E-state index is 13.5. The van der Waals surface area contributed by atoms with Crippen molar-refractivity contribution < 1.29 is 13.9 Å². The Hall–Kier alpha value is -4.11. The Morgan fingerprint density at radius 1 is 1.12 bits per heavy atom. The highest BCUT2D eigenvalue weighted by Crippen LogP contribution is 2.24. The summed E-state index contributed by atoms with van der Waals surface area (Å²) < 4.78 is 12.1. The van der Waals surface area contributed by atoms with Gasteiger partial charge in [-0.2, -0.15) is 0 Å². The predicted octanol–water partition coefficient (Wildman–Crippen LogP) is 2.60. The number of nitrogen functional groups attached to an aromatic ring is 1. The van der Waals surface area contributed by atoms with Gasteiger partial charge >= 0.3 is 5.69 Å². The van der Waals surface area contributed by atoms with Crippen LogP contribution in [0.2, 0.25) is 0 Å². The number of aromatic amines is 1. The number of ether oxygens (including phenoxy) is 1. The normalized spacial score (nSPS) is 11.1. The van der Waals surface area contributed by atoms with E-state index in [9.17, 15) is 14.4 Å². The molecule has 0 atom stereocenters. The molecule has 0 aliphatic heterocycles. The van der Waals surface area contributed by atoms with Gasteiger partial charge < -0.3 is 14.9 Å². The number of nitrogens with two attached hydrogens (primary N) is 1. The SMILES string of the molecule is COCCCN(C(=O)c1cc2ccccc2o1)c1c(N)n(Cc2ccccc2)c(=O)[nH]c1=O. The fourth-order valence-electron chi connectivity index (χ4n) is 3.66. The molecule has 9 nitrogen and oxygen atoms in total. The van der Waals surface area contributed by atoms with Crippen LogP contribution < -0.4 is 21.9 Å². The third-order valence-electron chi connectivity index (χ3n) is 5.28. The number of fused-ring (bicyclic) bond motifs is 1. The summed E-state index contributed by atoms with van der Waals surface area (Å²) in [5.74, 6) is -0.577. The van der Waals surface area contributed by atoms with Crippen molar-refractivity contribution in [2.24, 2.45) is 0 Å². The molecule has 170 valence electrons. The van der Waals surface area contributed by atoms with Crippen LogP contribution in [0, 0.1) is 0 Å². The van der Waals surface area contributed by atoms with Crippen LogP contribution in [0.1, 0.15) is 22.5 Å². The maximum atomic E-state index is 13.5. The Morgan fingerprint density at radius 3 is 2.58 bits per heavy atom. The van der Waals surface area contributed by atoms with Crippen molar-refractivity contribution >= 4 is 28.4 Å². The third-order valence-corrected chi connectivity index (χ3v) is 5.28. The van der Waals surface area contributed by atoms with E-state index in [2.05, 4.69) is 4.98 Å². The first kappa shape index (κ1) is 22.1. The predicted molar refractivity (Wildman–Crippen MR) is 126 cm³/mol. The quantitative estimate of drug-likeness (QED) is 0.399. The molecule has 2 aromatic heterocycles. The molecule has 0 radical (unpaired) electrons. The number of amides is 1. The molecule has 9 heteroatoms. The summed E-state index contributed by atoms with van der Waals surface area (Å²) >= 11 is 0. The zero-order valence-electron chi connectivity index (χ0n) is 18.1. The average Bonchev–Trinajstić information content (AvgIpc) is 3.25. The van der Waals surface area contributed by atoms with Crippen molar-refractivity contribution in [3.8, 4) is 0 Å². The van der Waals surface area contributed by atoms with E-state index in [0.717, 1.165) is 10.9 Å². The van der Waals surface area contributed by atoms with Crippen LogP contribution in [0.3, 0.4) is 0 Å². The molecule has 2 heterocycles. The molecule has 0 fully saturated rings. The summed E-state index contributed by atoms with van der Waals surface area (Å²) in [5, 5.41) is 0.758. The second kappa shape index (κ2) is 9.58. The van der Waals surface area contributed by atoms with Gasteiger partial charge in [0.05, 0.1) is 6.54 Å². The Kier molecular flexibility index (Phi) is 6.41. The first-order valence-electron chi connectivity index (χ1n) is 10.5. The topological polar surface area (TPSA) is 124 Å². The molecular weight excluding hydrogens is 424 g/mol. The lowest BCUT2D eigenvalue weighted by atomic mass is 10.2. The standard InChI is InChI=1S/C24H24N4O5/c1-32-13-7-12-27(23(30)19-14-17-10-5-6-11-18(17)33-19)20-21(25)28(24(31)26-22(20)29)15-16-8-3-2-4-9-16/h2-6,8-11,14H,7,12-13,15,25H2,1H3,(H,26,29,31). The minimum Gasteiger partial charge on any atom is -0.451 e. The maximum Gasteiger partial charge on any atom is 0.330 e. The van der Waals surface area contributed by atoms with Gasteiger partial charge in [-0.3, -0.25) is 24.0 Å². The molecule has 0 unspecified atom stereocenters. The van der Waals surface area contributed by atoms with Crippen molar-refractivity contribution in [2.75, 3.05) is 30.9 Å². The van der Waals surface area contributed by atoms with Crippen LogP contribution in [-0.4, -0.2) is 35.7 Å². The number of benzene rings is 2. The fourth-order valence-corrected chi connectivity index (χ4v) is 3.66. The molecule has 4 aromatic rings. The van der Waals surface area contributed by atoms with E-state index in [1.807, 2.05) is 42.5 Å². The van der Waals surface area contributed by atoms with E-state index in [-0.39, 0.29) is 30.4 Å². The van der Waals surface area contributed by atoms with Crippen molar-refractivity contribution in [2.45, 2.75) is 13.0 Å². The zero-order valence-corrected chi connectivity index (χ0v) is 18.1. The van der Waals surface area contributed by atoms with Gasteiger partial charge in [0.15, 0.2) is 11.4 Å².